The van der Waals surface area contributed by atoms with Gasteiger partial charge in [-0.1, -0.05) is 20.3 Å². The first-order valence-corrected chi connectivity index (χ1v) is 4.62. The van der Waals surface area contributed by atoms with Crippen molar-refractivity contribution in [1.29, 1.82) is 0 Å². The van der Waals surface area contributed by atoms with E-state index in [2.05, 4.69) is 6.92 Å². The zero-order valence-corrected chi connectivity index (χ0v) is 7.80. The summed E-state index contributed by atoms with van der Waals surface area (Å²) in [6.07, 6.45) is 3.40. The van der Waals surface area contributed by atoms with E-state index in [4.69, 9.17) is 10.5 Å². The van der Waals surface area contributed by atoms with E-state index in [0.29, 0.717) is 12.8 Å². The fourth-order valence-corrected chi connectivity index (χ4v) is 1.57. The van der Waals surface area contributed by atoms with E-state index in [0.717, 1.165) is 12.8 Å². The summed E-state index contributed by atoms with van der Waals surface area (Å²) in [6, 6.07) is 0. The molecule has 12 heavy (non-hydrogen) atoms. The van der Waals surface area contributed by atoms with Gasteiger partial charge in [0.1, 0.15) is 11.6 Å². The van der Waals surface area contributed by atoms with Gasteiger partial charge in [-0.3, -0.25) is 4.79 Å². The predicted octanol–water partition coefficient (Wildman–Crippen LogP) is 1.21. The molecule has 0 spiro atoms. The maximum absolute atomic E-state index is 11.3. The fourth-order valence-electron chi connectivity index (χ4n) is 1.57. The molecule has 0 aromatic heterocycles. The second-order valence-electron chi connectivity index (χ2n) is 3.53. The molecule has 1 aliphatic heterocycles. The average molecular weight is 171 g/mol. The number of nitrogens with two attached hydrogens (primary N) is 1. The Morgan fingerprint density at radius 1 is 1.67 bits per heavy atom. The number of rotatable bonds is 3. The van der Waals surface area contributed by atoms with Gasteiger partial charge in [-0.05, 0) is 12.8 Å². The molecule has 3 heteroatoms. The van der Waals surface area contributed by atoms with Gasteiger partial charge in [0.2, 0.25) is 0 Å². The van der Waals surface area contributed by atoms with Crippen LogP contribution in [0, 0.1) is 0 Å². The van der Waals surface area contributed by atoms with Crippen LogP contribution in [0.25, 0.3) is 0 Å². The highest BCUT2D eigenvalue weighted by Crippen LogP contribution is 2.28. The van der Waals surface area contributed by atoms with Gasteiger partial charge in [0, 0.05) is 6.42 Å². The van der Waals surface area contributed by atoms with Crippen molar-refractivity contribution < 1.29 is 9.53 Å². The van der Waals surface area contributed by atoms with Crippen LogP contribution in [0.2, 0.25) is 0 Å². The van der Waals surface area contributed by atoms with Gasteiger partial charge >= 0.3 is 5.97 Å². The van der Waals surface area contributed by atoms with Crippen LogP contribution in [-0.4, -0.2) is 17.6 Å². The Morgan fingerprint density at radius 2 is 2.33 bits per heavy atom. The molecule has 0 saturated carbocycles. The molecule has 1 fully saturated rings. The lowest BCUT2D eigenvalue weighted by Crippen LogP contribution is -2.43. The number of hydrogen-bond acceptors (Lipinski definition) is 3. The van der Waals surface area contributed by atoms with E-state index in [1.165, 1.54) is 0 Å². The second kappa shape index (κ2) is 3.44. The average Bonchev–Trinajstić information content (AvgIpc) is 2.30. The Kier molecular flexibility index (Phi) is 2.73. The molecule has 1 heterocycles. The molecule has 0 amide bonds. The van der Waals surface area contributed by atoms with Crippen molar-refractivity contribution in [2.24, 2.45) is 5.73 Å². The Morgan fingerprint density at radius 3 is 2.75 bits per heavy atom. The van der Waals surface area contributed by atoms with Crippen LogP contribution in [0.15, 0.2) is 0 Å². The van der Waals surface area contributed by atoms with Crippen LogP contribution in [0.5, 0.6) is 0 Å². The van der Waals surface area contributed by atoms with Crippen molar-refractivity contribution in [1.82, 2.24) is 0 Å². The number of carbonyl (C=O) groups excluding carboxylic acids is 1. The third-order valence-electron chi connectivity index (χ3n) is 2.51. The molecule has 1 rings (SSSR count). The van der Waals surface area contributed by atoms with Gasteiger partial charge in [0.25, 0.3) is 0 Å². The van der Waals surface area contributed by atoms with Crippen molar-refractivity contribution >= 4 is 5.97 Å². The summed E-state index contributed by atoms with van der Waals surface area (Å²) in [6.45, 7) is 4.01. The van der Waals surface area contributed by atoms with E-state index in [1.54, 1.807) is 0 Å². The molecule has 2 unspecified atom stereocenters. The van der Waals surface area contributed by atoms with Crippen molar-refractivity contribution in [3.8, 4) is 0 Å². The molecule has 1 saturated heterocycles. The lowest BCUT2D eigenvalue weighted by molar-refractivity contribution is -0.145. The van der Waals surface area contributed by atoms with Crippen molar-refractivity contribution in [3.63, 3.8) is 0 Å². The van der Waals surface area contributed by atoms with Gasteiger partial charge < -0.3 is 10.5 Å². The molecule has 0 bridgehead atoms. The van der Waals surface area contributed by atoms with Gasteiger partial charge in [-0.25, -0.2) is 0 Å². The highest BCUT2D eigenvalue weighted by atomic mass is 16.6. The van der Waals surface area contributed by atoms with Gasteiger partial charge in [-0.15, -0.1) is 0 Å². The van der Waals surface area contributed by atoms with E-state index in [9.17, 15) is 4.79 Å². The van der Waals surface area contributed by atoms with Crippen molar-refractivity contribution in [2.75, 3.05) is 0 Å². The van der Waals surface area contributed by atoms with Crippen LogP contribution in [0.3, 0.4) is 0 Å². The molecule has 0 aromatic rings. The highest BCUT2D eigenvalue weighted by molar-refractivity contribution is 5.82. The smallest absolute Gasteiger partial charge is 0.326 e. The van der Waals surface area contributed by atoms with E-state index >= 15 is 0 Å². The number of esters is 1. The van der Waals surface area contributed by atoms with Gasteiger partial charge in [-0.2, -0.15) is 0 Å². The molecular formula is C9H17NO2. The maximum atomic E-state index is 11.3. The minimum Gasteiger partial charge on any atom is -0.461 e. The second-order valence-corrected chi connectivity index (χ2v) is 3.53. The molecule has 70 valence electrons. The van der Waals surface area contributed by atoms with Crippen molar-refractivity contribution in [2.45, 2.75) is 51.2 Å². The minimum absolute atomic E-state index is 0.0625. The van der Waals surface area contributed by atoms with E-state index in [-0.39, 0.29) is 12.1 Å². The summed E-state index contributed by atoms with van der Waals surface area (Å²) >= 11 is 0. The Hall–Kier alpha value is -0.570. The number of ether oxygens (including phenoxy) is 1. The summed E-state index contributed by atoms with van der Waals surface area (Å²) in [5.74, 6) is -0.219. The molecule has 3 nitrogen and oxygen atoms in total. The predicted molar refractivity (Wildman–Crippen MR) is 46.6 cm³/mol. The van der Waals surface area contributed by atoms with Gasteiger partial charge in [0.05, 0.1) is 0 Å². The van der Waals surface area contributed by atoms with Crippen LogP contribution in [0.4, 0.5) is 0 Å². The summed E-state index contributed by atoms with van der Waals surface area (Å²) in [5, 5.41) is 0. The highest BCUT2D eigenvalue weighted by Gasteiger charge is 2.43. The lowest BCUT2D eigenvalue weighted by atomic mass is 9.92. The summed E-state index contributed by atoms with van der Waals surface area (Å²) in [4.78, 5) is 11.3. The first-order valence-electron chi connectivity index (χ1n) is 4.62. The third kappa shape index (κ3) is 1.61. The number of hydrogen-bond donors (Lipinski definition) is 1. The molecule has 2 N–H and O–H groups in total. The largest absolute Gasteiger partial charge is 0.461 e. The third-order valence-corrected chi connectivity index (χ3v) is 2.51. The van der Waals surface area contributed by atoms with E-state index < -0.39 is 5.54 Å². The zero-order chi connectivity index (χ0) is 9.19. The molecule has 0 aliphatic carbocycles. The Balaban J connectivity index is 2.56. The molecule has 2 atom stereocenters. The van der Waals surface area contributed by atoms with Gasteiger partial charge in [0.15, 0.2) is 0 Å². The standard InChI is InChI=1S/C9H17NO2/c1-3-5-7-6-9(10,4-2)8(11)12-7/h7H,3-6,10H2,1-2H3. The summed E-state index contributed by atoms with van der Waals surface area (Å²) < 4.78 is 5.14. The van der Waals surface area contributed by atoms with Crippen LogP contribution in [-0.2, 0) is 9.53 Å². The lowest BCUT2D eigenvalue weighted by Gasteiger charge is -2.15. The normalized spacial score (nSPS) is 35.2. The first kappa shape index (κ1) is 9.52. The quantitative estimate of drug-likeness (QED) is 0.649. The molecule has 1 aliphatic rings. The molecule has 0 radical (unpaired) electrons. The number of cyclic esters (lactones) is 1. The topological polar surface area (TPSA) is 52.3 Å². The SMILES string of the molecule is CCCC1CC(N)(CC)C(=O)O1. The van der Waals surface area contributed by atoms with Crippen LogP contribution in [0.1, 0.15) is 39.5 Å². The van der Waals surface area contributed by atoms with E-state index in [1.807, 2.05) is 6.92 Å². The maximum Gasteiger partial charge on any atom is 0.326 e. The van der Waals surface area contributed by atoms with Crippen molar-refractivity contribution in [3.05, 3.63) is 0 Å². The minimum atomic E-state index is -0.695. The summed E-state index contributed by atoms with van der Waals surface area (Å²) in [5.41, 5.74) is 5.15. The van der Waals surface area contributed by atoms with Crippen LogP contribution >= 0.6 is 0 Å². The Labute approximate surface area is 73.3 Å². The monoisotopic (exact) mass is 171 g/mol. The van der Waals surface area contributed by atoms with Crippen LogP contribution < -0.4 is 5.73 Å². The zero-order valence-electron chi connectivity index (χ0n) is 7.80. The number of carbonyl (C=O) groups is 1. The Bertz CT molecular complexity index is 181. The molecular weight excluding hydrogens is 154 g/mol. The summed E-state index contributed by atoms with van der Waals surface area (Å²) in [7, 11) is 0. The fraction of sp³-hybridized carbons (Fsp3) is 0.889. The molecule has 0 aromatic carbocycles. The first-order chi connectivity index (χ1) is 5.62.